The van der Waals surface area contributed by atoms with E-state index in [1.54, 1.807) is 0 Å². The number of ether oxygens (including phenoxy) is 1. The molecule has 0 aromatic heterocycles. The molecule has 0 unspecified atom stereocenters. The minimum absolute atomic E-state index is 0.517. The van der Waals surface area contributed by atoms with Crippen molar-refractivity contribution in [1.82, 2.24) is 0 Å². The third-order valence-corrected chi connectivity index (χ3v) is 2.20. The first-order valence-electron chi connectivity index (χ1n) is 4.35. The lowest BCUT2D eigenvalue weighted by molar-refractivity contribution is 0.0684. The molecule has 0 radical (unpaired) electrons. The molecule has 0 amide bonds. The predicted octanol–water partition coefficient (Wildman–Crippen LogP) is 1.68. The highest BCUT2D eigenvalue weighted by atomic mass is 19.2. The van der Waals surface area contributed by atoms with Gasteiger partial charge in [0.05, 0.1) is 7.11 Å². The van der Waals surface area contributed by atoms with Gasteiger partial charge in [-0.2, -0.15) is 0 Å². The number of carbonyl (C=O) groups is 2. The first-order valence-corrected chi connectivity index (χ1v) is 4.35. The number of methoxy groups -OCH3 is 1. The van der Waals surface area contributed by atoms with E-state index in [0.717, 1.165) is 14.0 Å². The van der Waals surface area contributed by atoms with Crippen molar-refractivity contribution in [2.24, 2.45) is 0 Å². The molecule has 0 fully saturated rings. The van der Waals surface area contributed by atoms with Gasteiger partial charge in [0.15, 0.2) is 17.4 Å². The SMILES string of the molecule is COc1c(C(=O)O)c(C)c(F)c(F)c1C(=O)O. The lowest BCUT2D eigenvalue weighted by Crippen LogP contribution is -2.14. The van der Waals surface area contributed by atoms with E-state index in [1.165, 1.54) is 0 Å². The van der Waals surface area contributed by atoms with Crippen molar-refractivity contribution >= 4 is 11.9 Å². The van der Waals surface area contributed by atoms with Crippen LogP contribution >= 0.6 is 0 Å². The van der Waals surface area contributed by atoms with Gasteiger partial charge in [-0.15, -0.1) is 0 Å². The summed E-state index contributed by atoms with van der Waals surface area (Å²) in [5, 5.41) is 17.6. The molecule has 0 aliphatic carbocycles. The van der Waals surface area contributed by atoms with Gasteiger partial charge < -0.3 is 14.9 Å². The summed E-state index contributed by atoms with van der Waals surface area (Å²) in [6.07, 6.45) is 0. The molecule has 7 heteroatoms. The topological polar surface area (TPSA) is 83.8 Å². The van der Waals surface area contributed by atoms with Crippen LogP contribution in [0.2, 0.25) is 0 Å². The van der Waals surface area contributed by atoms with Gasteiger partial charge in [-0.3, -0.25) is 0 Å². The molecule has 0 heterocycles. The molecule has 0 aliphatic heterocycles. The van der Waals surface area contributed by atoms with Crippen molar-refractivity contribution in [3.63, 3.8) is 0 Å². The van der Waals surface area contributed by atoms with Gasteiger partial charge in [0.2, 0.25) is 0 Å². The molecular formula is C10H8F2O5. The number of benzene rings is 1. The van der Waals surface area contributed by atoms with E-state index in [2.05, 4.69) is 4.74 Å². The Morgan fingerprint density at radius 2 is 1.53 bits per heavy atom. The zero-order valence-electron chi connectivity index (χ0n) is 8.88. The Morgan fingerprint density at radius 3 is 1.88 bits per heavy atom. The number of carboxylic acids is 2. The summed E-state index contributed by atoms with van der Waals surface area (Å²) in [5.41, 5.74) is -2.35. The van der Waals surface area contributed by atoms with Crippen LogP contribution < -0.4 is 4.74 Å². The Labute approximate surface area is 94.2 Å². The summed E-state index contributed by atoms with van der Waals surface area (Å²) in [4.78, 5) is 21.6. The van der Waals surface area contributed by atoms with E-state index in [0.29, 0.717) is 0 Å². The van der Waals surface area contributed by atoms with Gasteiger partial charge in [-0.25, -0.2) is 18.4 Å². The van der Waals surface area contributed by atoms with Crippen molar-refractivity contribution in [3.8, 4) is 5.75 Å². The van der Waals surface area contributed by atoms with Crippen LogP contribution in [0, 0.1) is 18.6 Å². The average molecular weight is 246 g/mol. The minimum atomic E-state index is -1.80. The molecule has 1 rings (SSSR count). The van der Waals surface area contributed by atoms with Crippen molar-refractivity contribution in [3.05, 3.63) is 28.3 Å². The lowest BCUT2D eigenvalue weighted by Gasteiger charge is -2.13. The molecule has 0 atom stereocenters. The molecule has 0 saturated heterocycles. The van der Waals surface area contributed by atoms with Crippen molar-refractivity contribution < 1.29 is 33.3 Å². The molecule has 17 heavy (non-hydrogen) atoms. The molecule has 5 nitrogen and oxygen atoms in total. The van der Waals surface area contributed by atoms with Gasteiger partial charge in [-0.1, -0.05) is 0 Å². The summed E-state index contributed by atoms with van der Waals surface area (Å²) in [7, 11) is 0.977. The number of aromatic carboxylic acids is 2. The third-order valence-electron chi connectivity index (χ3n) is 2.20. The highest BCUT2D eigenvalue weighted by Crippen LogP contribution is 2.32. The van der Waals surface area contributed by atoms with E-state index in [1.807, 2.05) is 0 Å². The minimum Gasteiger partial charge on any atom is -0.495 e. The Kier molecular flexibility index (Phi) is 3.31. The largest absolute Gasteiger partial charge is 0.495 e. The molecule has 2 N–H and O–H groups in total. The number of halogens is 2. The monoisotopic (exact) mass is 246 g/mol. The first-order chi connectivity index (χ1) is 7.82. The van der Waals surface area contributed by atoms with Crippen LogP contribution in [0.5, 0.6) is 5.75 Å². The maximum atomic E-state index is 13.4. The highest BCUT2D eigenvalue weighted by Gasteiger charge is 2.30. The second-order valence-electron chi connectivity index (χ2n) is 3.15. The summed E-state index contributed by atoms with van der Waals surface area (Å²) in [5.74, 6) is -7.26. The average Bonchev–Trinajstić information content (AvgIpc) is 2.23. The Morgan fingerprint density at radius 1 is 1.06 bits per heavy atom. The number of hydrogen-bond donors (Lipinski definition) is 2. The fraction of sp³-hybridized carbons (Fsp3) is 0.200. The normalized spacial score (nSPS) is 10.1. The van der Waals surface area contributed by atoms with Gasteiger partial charge in [0, 0.05) is 5.56 Å². The fourth-order valence-corrected chi connectivity index (χ4v) is 1.43. The van der Waals surface area contributed by atoms with Crippen molar-refractivity contribution in [2.45, 2.75) is 6.92 Å². The van der Waals surface area contributed by atoms with Crippen LogP contribution in [0.25, 0.3) is 0 Å². The number of carboxylic acid groups (broad SMARTS) is 2. The van der Waals surface area contributed by atoms with E-state index in [4.69, 9.17) is 10.2 Å². The van der Waals surface area contributed by atoms with Crippen LogP contribution in [0.15, 0.2) is 0 Å². The molecule has 1 aromatic carbocycles. The molecule has 0 saturated carbocycles. The summed E-state index contributed by atoms with van der Waals surface area (Å²) < 4.78 is 31.3. The molecule has 0 spiro atoms. The van der Waals surface area contributed by atoms with E-state index in [-0.39, 0.29) is 0 Å². The quantitative estimate of drug-likeness (QED) is 0.847. The zero-order valence-corrected chi connectivity index (χ0v) is 8.88. The fourth-order valence-electron chi connectivity index (χ4n) is 1.43. The van der Waals surface area contributed by atoms with Crippen LogP contribution in [0.1, 0.15) is 26.3 Å². The van der Waals surface area contributed by atoms with Crippen LogP contribution in [-0.4, -0.2) is 29.3 Å². The molecule has 0 bridgehead atoms. The molecular weight excluding hydrogens is 238 g/mol. The van der Waals surface area contributed by atoms with Crippen molar-refractivity contribution in [1.29, 1.82) is 0 Å². The summed E-state index contributed by atoms with van der Waals surface area (Å²) >= 11 is 0. The predicted molar refractivity (Wildman–Crippen MR) is 51.6 cm³/mol. The maximum Gasteiger partial charge on any atom is 0.342 e. The molecule has 92 valence electrons. The van der Waals surface area contributed by atoms with Gasteiger partial charge >= 0.3 is 11.9 Å². The van der Waals surface area contributed by atoms with Crippen LogP contribution in [0.4, 0.5) is 8.78 Å². The summed E-state index contributed by atoms with van der Waals surface area (Å²) in [6.45, 7) is 1.02. The second-order valence-corrected chi connectivity index (χ2v) is 3.15. The number of rotatable bonds is 3. The highest BCUT2D eigenvalue weighted by molar-refractivity contribution is 6.00. The Bertz CT molecular complexity index is 469. The van der Waals surface area contributed by atoms with Gasteiger partial charge in [0.25, 0.3) is 0 Å². The van der Waals surface area contributed by atoms with E-state index >= 15 is 0 Å². The lowest BCUT2D eigenvalue weighted by atomic mass is 10.0. The second kappa shape index (κ2) is 4.36. The third kappa shape index (κ3) is 1.91. The smallest absolute Gasteiger partial charge is 0.342 e. The molecule has 0 aliphatic rings. The Hall–Kier alpha value is -2.18. The Balaban J connectivity index is 3.85. The van der Waals surface area contributed by atoms with Gasteiger partial charge in [-0.05, 0) is 6.92 Å². The standard InChI is InChI=1S/C10H8F2O5/c1-3-4(9(13)14)8(17-2)5(10(15)16)7(12)6(3)11/h1-2H3,(H,13,14)(H,15,16). The van der Waals surface area contributed by atoms with Gasteiger partial charge in [0.1, 0.15) is 11.1 Å². The summed E-state index contributed by atoms with van der Waals surface area (Å²) in [6, 6.07) is 0. The molecule has 1 aromatic rings. The van der Waals surface area contributed by atoms with Crippen LogP contribution in [-0.2, 0) is 0 Å². The van der Waals surface area contributed by atoms with E-state index < -0.39 is 46.0 Å². The van der Waals surface area contributed by atoms with Crippen molar-refractivity contribution in [2.75, 3.05) is 7.11 Å². The first kappa shape index (κ1) is 12.9. The maximum absolute atomic E-state index is 13.4. The van der Waals surface area contributed by atoms with E-state index in [9.17, 15) is 18.4 Å². The zero-order chi connectivity index (χ0) is 13.3. The number of hydrogen-bond acceptors (Lipinski definition) is 3. The van der Waals surface area contributed by atoms with Crippen LogP contribution in [0.3, 0.4) is 0 Å².